The molecule has 0 radical (unpaired) electrons. The highest BCUT2D eigenvalue weighted by molar-refractivity contribution is 6.31. The largest absolute Gasteiger partial charge is 0.495 e. The monoisotopic (exact) mass is 373 g/mol. The van der Waals surface area contributed by atoms with Gasteiger partial charge in [0.2, 0.25) is 0 Å². The maximum absolute atomic E-state index is 12.3. The standard InChI is InChI=1S/C18H16ClN3O4/c1-11(17(23)21-13-9-12(19)6-7-15(13)25-2)26-18(24)14-10-22-8-4-3-5-16(22)20-14/h3-11H,1-2H3,(H,21,23)/t11-/m1/s1. The quantitative estimate of drug-likeness (QED) is 0.694. The summed E-state index contributed by atoms with van der Waals surface area (Å²) < 4.78 is 12.1. The average molecular weight is 374 g/mol. The van der Waals surface area contributed by atoms with E-state index < -0.39 is 18.0 Å². The van der Waals surface area contributed by atoms with Crippen molar-refractivity contribution in [1.29, 1.82) is 0 Å². The zero-order valence-corrected chi connectivity index (χ0v) is 14.9. The summed E-state index contributed by atoms with van der Waals surface area (Å²) in [5.74, 6) is -0.751. The Bertz CT molecular complexity index is 937. The van der Waals surface area contributed by atoms with Crippen LogP contribution in [0.25, 0.3) is 5.65 Å². The van der Waals surface area contributed by atoms with Gasteiger partial charge in [0.25, 0.3) is 5.91 Å². The topological polar surface area (TPSA) is 81.9 Å². The number of hydrogen-bond acceptors (Lipinski definition) is 5. The molecule has 2 aromatic heterocycles. The predicted octanol–water partition coefficient (Wildman–Crippen LogP) is 3.18. The molecule has 0 spiro atoms. The second-order valence-corrected chi connectivity index (χ2v) is 5.91. The molecule has 1 aromatic carbocycles. The van der Waals surface area contributed by atoms with Gasteiger partial charge in [-0.15, -0.1) is 0 Å². The number of methoxy groups -OCH3 is 1. The number of nitrogens with zero attached hydrogens (tertiary/aromatic N) is 2. The van der Waals surface area contributed by atoms with Crippen molar-refractivity contribution in [1.82, 2.24) is 9.38 Å². The van der Waals surface area contributed by atoms with E-state index in [4.69, 9.17) is 21.1 Å². The highest BCUT2D eigenvalue weighted by atomic mass is 35.5. The fraction of sp³-hybridized carbons (Fsp3) is 0.167. The maximum atomic E-state index is 12.3. The second kappa shape index (κ2) is 7.45. The van der Waals surface area contributed by atoms with Crippen molar-refractivity contribution in [2.45, 2.75) is 13.0 Å². The van der Waals surface area contributed by atoms with Crippen LogP contribution in [0.5, 0.6) is 5.75 Å². The molecule has 0 aliphatic heterocycles. The van der Waals surface area contributed by atoms with E-state index in [2.05, 4.69) is 10.3 Å². The highest BCUT2D eigenvalue weighted by Gasteiger charge is 2.22. The zero-order valence-electron chi connectivity index (χ0n) is 14.1. The van der Waals surface area contributed by atoms with Crippen molar-refractivity contribution in [2.24, 2.45) is 0 Å². The van der Waals surface area contributed by atoms with Crippen LogP contribution in [0.15, 0.2) is 48.8 Å². The van der Waals surface area contributed by atoms with Crippen LogP contribution in [0.4, 0.5) is 5.69 Å². The molecule has 3 rings (SSSR count). The first-order chi connectivity index (χ1) is 12.5. The normalized spacial score (nSPS) is 11.8. The lowest BCUT2D eigenvalue weighted by Crippen LogP contribution is -2.30. The first kappa shape index (κ1) is 17.8. The molecule has 2 heterocycles. The van der Waals surface area contributed by atoms with Crippen LogP contribution in [0, 0.1) is 0 Å². The van der Waals surface area contributed by atoms with Gasteiger partial charge in [-0.05, 0) is 37.3 Å². The maximum Gasteiger partial charge on any atom is 0.359 e. The number of rotatable bonds is 5. The molecule has 0 saturated carbocycles. The first-order valence-corrected chi connectivity index (χ1v) is 8.15. The summed E-state index contributed by atoms with van der Waals surface area (Å²) in [6, 6.07) is 10.2. The molecule has 26 heavy (non-hydrogen) atoms. The first-order valence-electron chi connectivity index (χ1n) is 7.77. The minimum atomic E-state index is -1.03. The Hall–Kier alpha value is -3.06. The summed E-state index contributed by atoms with van der Waals surface area (Å²) >= 11 is 5.94. The van der Waals surface area contributed by atoms with Gasteiger partial charge in [-0.25, -0.2) is 9.78 Å². The van der Waals surface area contributed by atoms with Crippen LogP contribution in [0.1, 0.15) is 17.4 Å². The number of anilines is 1. The van der Waals surface area contributed by atoms with Crippen LogP contribution < -0.4 is 10.1 Å². The molecular weight excluding hydrogens is 358 g/mol. The van der Waals surface area contributed by atoms with E-state index >= 15 is 0 Å². The third-order valence-corrected chi connectivity index (χ3v) is 3.88. The Morgan fingerprint density at radius 3 is 2.81 bits per heavy atom. The van der Waals surface area contributed by atoms with E-state index in [-0.39, 0.29) is 5.69 Å². The number of ether oxygens (including phenoxy) is 2. The van der Waals surface area contributed by atoms with Crippen LogP contribution in [-0.4, -0.2) is 34.5 Å². The van der Waals surface area contributed by atoms with Crippen LogP contribution >= 0.6 is 11.6 Å². The molecule has 0 saturated heterocycles. The Morgan fingerprint density at radius 1 is 1.27 bits per heavy atom. The van der Waals surface area contributed by atoms with Gasteiger partial charge in [0, 0.05) is 17.4 Å². The van der Waals surface area contributed by atoms with Gasteiger partial charge in [0.05, 0.1) is 12.8 Å². The van der Waals surface area contributed by atoms with Gasteiger partial charge < -0.3 is 19.2 Å². The minimum Gasteiger partial charge on any atom is -0.495 e. The predicted molar refractivity (Wildman–Crippen MR) is 96.7 cm³/mol. The van der Waals surface area contributed by atoms with Gasteiger partial charge in [-0.3, -0.25) is 4.79 Å². The lowest BCUT2D eigenvalue weighted by Gasteiger charge is -2.15. The number of halogens is 1. The molecule has 1 N–H and O–H groups in total. The molecule has 1 atom stereocenters. The number of amides is 1. The molecule has 8 heteroatoms. The van der Waals surface area contributed by atoms with Gasteiger partial charge in [-0.2, -0.15) is 0 Å². The molecule has 0 fully saturated rings. The molecular formula is C18H16ClN3O4. The summed E-state index contributed by atoms with van der Waals surface area (Å²) in [7, 11) is 1.48. The van der Waals surface area contributed by atoms with E-state index in [1.54, 1.807) is 41.1 Å². The van der Waals surface area contributed by atoms with E-state index in [0.717, 1.165) is 0 Å². The minimum absolute atomic E-state index is 0.121. The van der Waals surface area contributed by atoms with E-state index in [9.17, 15) is 9.59 Å². The Labute approximate surface area is 154 Å². The Kier molecular flexibility index (Phi) is 5.09. The van der Waals surface area contributed by atoms with Crippen LogP contribution in [0.3, 0.4) is 0 Å². The summed E-state index contributed by atoms with van der Waals surface area (Å²) in [4.78, 5) is 28.7. The van der Waals surface area contributed by atoms with E-state index in [0.29, 0.717) is 22.1 Å². The number of pyridine rings is 1. The van der Waals surface area contributed by atoms with Crippen LogP contribution in [-0.2, 0) is 9.53 Å². The number of fused-ring (bicyclic) bond motifs is 1. The Balaban J connectivity index is 1.69. The molecule has 3 aromatic rings. The van der Waals surface area contributed by atoms with Crippen molar-refractivity contribution in [2.75, 3.05) is 12.4 Å². The van der Waals surface area contributed by atoms with Crippen molar-refractivity contribution in [3.8, 4) is 5.75 Å². The molecule has 0 aliphatic carbocycles. The summed E-state index contributed by atoms with van der Waals surface area (Å²) in [5, 5.41) is 3.07. The number of nitrogens with one attached hydrogen (secondary N) is 1. The second-order valence-electron chi connectivity index (χ2n) is 5.47. The highest BCUT2D eigenvalue weighted by Crippen LogP contribution is 2.27. The van der Waals surface area contributed by atoms with Crippen molar-refractivity contribution >= 4 is 34.8 Å². The number of benzene rings is 1. The van der Waals surface area contributed by atoms with Gasteiger partial charge >= 0.3 is 5.97 Å². The average Bonchev–Trinajstić information content (AvgIpc) is 3.06. The molecule has 0 aliphatic rings. The number of hydrogen-bond donors (Lipinski definition) is 1. The summed E-state index contributed by atoms with van der Waals surface area (Å²) in [5.41, 5.74) is 1.12. The number of imidazole rings is 1. The third kappa shape index (κ3) is 3.78. The number of esters is 1. The summed E-state index contributed by atoms with van der Waals surface area (Å²) in [6.45, 7) is 1.47. The lowest BCUT2D eigenvalue weighted by molar-refractivity contribution is -0.123. The summed E-state index contributed by atoms with van der Waals surface area (Å²) in [6.07, 6.45) is 2.28. The lowest BCUT2D eigenvalue weighted by atomic mass is 10.2. The fourth-order valence-electron chi connectivity index (χ4n) is 2.32. The number of carbonyl (C=O) groups is 2. The van der Waals surface area contributed by atoms with Crippen molar-refractivity contribution in [3.63, 3.8) is 0 Å². The molecule has 0 unspecified atom stereocenters. The van der Waals surface area contributed by atoms with Crippen LogP contribution in [0.2, 0.25) is 5.02 Å². The molecule has 7 nitrogen and oxygen atoms in total. The fourth-order valence-corrected chi connectivity index (χ4v) is 2.49. The zero-order chi connectivity index (χ0) is 18.7. The number of aromatic nitrogens is 2. The molecule has 134 valence electrons. The van der Waals surface area contributed by atoms with Crippen molar-refractivity contribution < 1.29 is 19.1 Å². The third-order valence-electron chi connectivity index (χ3n) is 3.65. The van der Waals surface area contributed by atoms with Gasteiger partial charge in [0.1, 0.15) is 11.4 Å². The SMILES string of the molecule is COc1ccc(Cl)cc1NC(=O)[C@@H](C)OC(=O)c1cn2ccccc2n1. The molecule has 1 amide bonds. The smallest absolute Gasteiger partial charge is 0.359 e. The Morgan fingerprint density at radius 2 is 2.08 bits per heavy atom. The van der Waals surface area contributed by atoms with Crippen molar-refractivity contribution in [3.05, 3.63) is 59.5 Å². The van der Waals surface area contributed by atoms with Gasteiger partial charge in [0.15, 0.2) is 11.8 Å². The van der Waals surface area contributed by atoms with E-state index in [1.807, 2.05) is 12.1 Å². The van der Waals surface area contributed by atoms with E-state index in [1.165, 1.54) is 14.0 Å². The number of carbonyl (C=O) groups excluding carboxylic acids is 2. The van der Waals surface area contributed by atoms with Gasteiger partial charge in [-0.1, -0.05) is 17.7 Å². The molecule has 0 bridgehead atoms.